The van der Waals surface area contributed by atoms with Crippen LogP contribution in [0.2, 0.25) is 0 Å². The number of carbonyl (C=O) groups excluding carboxylic acids is 1. The van der Waals surface area contributed by atoms with Crippen LogP contribution in [0.3, 0.4) is 0 Å². The van der Waals surface area contributed by atoms with E-state index >= 15 is 0 Å². The van der Waals surface area contributed by atoms with Gasteiger partial charge in [0.2, 0.25) is 15.9 Å². The summed E-state index contributed by atoms with van der Waals surface area (Å²) in [5.74, 6) is -0.671. The lowest BCUT2D eigenvalue weighted by Gasteiger charge is -2.25. The van der Waals surface area contributed by atoms with Crippen molar-refractivity contribution in [2.75, 3.05) is 25.5 Å². The molecular formula is C13H19N3O3S. The molecule has 20 heavy (non-hydrogen) atoms. The van der Waals surface area contributed by atoms with Gasteiger partial charge >= 0.3 is 0 Å². The maximum Gasteiger partial charge on any atom is 0.243 e. The monoisotopic (exact) mass is 297 g/mol. The van der Waals surface area contributed by atoms with Gasteiger partial charge in [-0.15, -0.1) is 0 Å². The Morgan fingerprint density at radius 3 is 2.80 bits per heavy atom. The minimum atomic E-state index is -3.70. The average Bonchev–Trinajstić information content (AvgIpc) is 2.38. The summed E-state index contributed by atoms with van der Waals surface area (Å²) in [4.78, 5) is 11.2. The summed E-state index contributed by atoms with van der Waals surface area (Å²) in [6, 6.07) is 3.39. The standard InChI is InChI=1S/C13H19N3O3S/c1-9-5-6-11(10-4-3-7-15-13(9)10)20(18,19)16(2)8-12(14)17/h5-6,15H,3-4,7-8H2,1-2H3,(H2,14,17). The van der Waals surface area contributed by atoms with Crippen LogP contribution < -0.4 is 11.1 Å². The van der Waals surface area contributed by atoms with Crippen molar-refractivity contribution < 1.29 is 13.2 Å². The van der Waals surface area contributed by atoms with E-state index < -0.39 is 15.9 Å². The second kappa shape index (κ2) is 5.41. The van der Waals surface area contributed by atoms with Crippen molar-refractivity contribution >= 4 is 21.6 Å². The van der Waals surface area contributed by atoms with Gasteiger partial charge in [-0.2, -0.15) is 4.31 Å². The molecule has 1 amide bonds. The van der Waals surface area contributed by atoms with Crippen LogP contribution in [0.25, 0.3) is 0 Å². The van der Waals surface area contributed by atoms with Gasteiger partial charge in [-0.25, -0.2) is 8.42 Å². The molecule has 0 aliphatic carbocycles. The van der Waals surface area contributed by atoms with E-state index in [-0.39, 0.29) is 11.4 Å². The molecule has 1 aliphatic rings. The van der Waals surface area contributed by atoms with Crippen LogP contribution in [0.5, 0.6) is 0 Å². The molecule has 0 bridgehead atoms. The fourth-order valence-electron chi connectivity index (χ4n) is 2.43. The minimum absolute atomic E-state index is 0.258. The fraction of sp³-hybridized carbons (Fsp3) is 0.462. The number of nitrogens with one attached hydrogen (secondary N) is 1. The lowest BCUT2D eigenvalue weighted by molar-refractivity contribution is -0.118. The zero-order valence-electron chi connectivity index (χ0n) is 11.6. The predicted molar refractivity (Wildman–Crippen MR) is 77.0 cm³/mol. The number of nitrogens with two attached hydrogens (primary N) is 1. The van der Waals surface area contributed by atoms with E-state index in [1.54, 1.807) is 12.1 Å². The van der Waals surface area contributed by atoms with Gasteiger partial charge in [0.15, 0.2) is 0 Å². The number of hydrogen-bond donors (Lipinski definition) is 2. The van der Waals surface area contributed by atoms with Crippen LogP contribution in [0, 0.1) is 6.92 Å². The number of carbonyl (C=O) groups is 1. The summed E-state index contributed by atoms with van der Waals surface area (Å²) in [5.41, 5.74) is 7.79. The maximum absolute atomic E-state index is 12.5. The fourth-order valence-corrected chi connectivity index (χ4v) is 3.82. The van der Waals surface area contributed by atoms with E-state index in [4.69, 9.17) is 5.73 Å². The lowest BCUT2D eigenvalue weighted by atomic mass is 10.00. The van der Waals surface area contributed by atoms with Gasteiger partial charge in [-0.3, -0.25) is 4.79 Å². The van der Waals surface area contributed by atoms with Crippen LogP contribution in [0.15, 0.2) is 17.0 Å². The zero-order valence-corrected chi connectivity index (χ0v) is 12.5. The number of anilines is 1. The Hall–Kier alpha value is -1.60. The number of amides is 1. The van der Waals surface area contributed by atoms with E-state index in [0.29, 0.717) is 6.42 Å². The van der Waals surface area contributed by atoms with Crippen molar-refractivity contribution in [3.8, 4) is 0 Å². The van der Waals surface area contributed by atoms with Gasteiger partial charge in [-0.1, -0.05) is 6.07 Å². The first-order valence-corrected chi connectivity index (χ1v) is 7.89. The second-order valence-corrected chi connectivity index (χ2v) is 7.01. The highest BCUT2D eigenvalue weighted by Crippen LogP contribution is 2.32. The van der Waals surface area contributed by atoms with E-state index in [9.17, 15) is 13.2 Å². The molecule has 0 unspecified atom stereocenters. The summed E-state index contributed by atoms with van der Waals surface area (Å²) >= 11 is 0. The number of sulfonamides is 1. The second-order valence-electron chi connectivity index (χ2n) is 4.99. The Morgan fingerprint density at radius 1 is 1.45 bits per heavy atom. The number of nitrogens with zero attached hydrogens (tertiary/aromatic N) is 1. The van der Waals surface area contributed by atoms with Gasteiger partial charge in [0.1, 0.15) is 0 Å². The number of likely N-dealkylation sites (N-methyl/N-ethyl adjacent to an activating group) is 1. The highest BCUT2D eigenvalue weighted by Gasteiger charge is 2.27. The number of aryl methyl sites for hydroxylation is 1. The van der Waals surface area contributed by atoms with Crippen molar-refractivity contribution in [2.45, 2.75) is 24.7 Å². The molecule has 0 spiro atoms. The molecule has 6 nitrogen and oxygen atoms in total. The van der Waals surface area contributed by atoms with Crippen molar-refractivity contribution in [1.29, 1.82) is 0 Å². The molecule has 0 atom stereocenters. The molecule has 110 valence electrons. The Labute approximate surface area is 119 Å². The highest BCUT2D eigenvalue weighted by atomic mass is 32.2. The number of benzene rings is 1. The Kier molecular flexibility index (Phi) is 4.01. The third kappa shape index (κ3) is 2.64. The van der Waals surface area contributed by atoms with Gasteiger partial charge in [0.05, 0.1) is 11.4 Å². The summed E-state index contributed by atoms with van der Waals surface area (Å²) < 4.78 is 26.1. The molecule has 1 heterocycles. The number of rotatable bonds is 4. The first-order valence-electron chi connectivity index (χ1n) is 6.45. The number of hydrogen-bond acceptors (Lipinski definition) is 4. The molecule has 0 radical (unpaired) electrons. The van der Waals surface area contributed by atoms with Gasteiger partial charge < -0.3 is 11.1 Å². The Bertz CT molecular complexity index is 641. The Morgan fingerprint density at radius 2 is 2.15 bits per heavy atom. The van der Waals surface area contributed by atoms with Crippen molar-refractivity contribution in [1.82, 2.24) is 4.31 Å². The molecule has 0 aromatic heterocycles. The molecule has 0 fully saturated rings. The smallest absolute Gasteiger partial charge is 0.243 e. The number of primary amides is 1. The quantitative estimate of drug-likeness (QED) is 0.844. The molecule has 1 aliphatic heterocycles. The molecule has 3 N–H and O–H groups in total. The predicted octanol–water partition coefficient (Wildman–Crippen LogP) is 0.459. The van der Waals surface area contributed by atoms with Gasteiger partial charge in [-0.05, 0) is 37.0 Å². The van der Waals surface area contributed by atoms with Crippen LogP contribution in [-0.2, 0) is 21.2 Å². The van der Waals surface area contributed by atoms with Crippen LogP contribution in [0.4, 0.5) is 5.69 Å². The lowest BCUT2D eigenvalue weighted by Crippen LogP contribution is -2.36. The molecule has 1 aromatic rings. The SMILES string of the molecule is Cc1ccc(S(=O)(=O)N(C)CC(N)=O)c2c1NCCC2. The molecule has 7 heteroatoms. The molecular weight excluding hydrogens is 278 g/mol. The molecule has 2 rings (SSSR count). The summed E-state index contributed by atoms with van der Waals surface area (Å²) in [5, 5.41) is 3.25. The molecule has 0 saturated heterocycles. The van der Waals surface area contributed by atoms with Crippen LogP contribution >= 0.6 is 0 Å². The summed E-state index contributed by atoms with van der Waals surface area (Å²) in [6.07, 6.45) is 1.60. The average molecular weight is 297 g/mol. The topological polar surface area (TPSA) is 92.5 Å². The summed E-state index contributed by atoms with van der Waals surface area (Å²) in [7, 11) is -2.34. The van der Waals surface area contributed by atoms with Crippen molar-refractivity contribution in [3.05, 3.63) is 23.3 Å². The molecule has 1 aromatic carbocycles. The van der Waals surface area contributed by atoms with E-state index in [1.807, 2.05) is 6.92 Å². The van der Waals surface area contributed by atoms with Gasteiger partial charge in [0, 0.05) is 19.3 Å². The van der Waals surface area contributed by atoms with Crippen LogP contribution in [0.1, 0.15) is 17.5 Å². The zero-order chi connectivity index (χ0) is 14.9. The minimum Gasteiger partial charge on any atom is -0.385 e. The van der Waals surface area contributed by atoms with Crippen molar-refractivity contribution in [3.63, 3.8) is 0 Å². The van der Waals surface area contributed by atoms with E-state index in [2.05, 4.69) is 5.32 Å². The Balaban J connectivity index is 2.50. The summed E-state index contributed by atoms with van der Waals surface area (Å²) in [6.45, 7) is 2.47. The normalized spacial score (nSPS) is 14.8. The molecule has 0 saturated carbocycles. The van der Waals surface area contributed by atoms with E-state index in [1.165, 1.54) is 7.05 Å². The van der Waals surface area contributed by atoms with E-state index in [0.717, 1.165) is 34.1 Å². The first-order chi connectivity index (χ1) is 9.34. The maximum atomic E-state index is 12.5. The van der Waals surface area contributed by atoms with Crippen molar-refractivity contribution in [2.24, 2.45) is 5.73 Å². The van der Waals surface area contributed by atoms with Gasteiger partial charge in [0.25, 0.3) is 0 Å². The highest BCUT2D eigenvalue weighted by molar-refractivity contribution is 7.89. The third-order valence-corrected chi connectivity index (χ3v) is 5.34. The first kappa shape index (κ1) is 14.8. The largest absolute Gasteiger partial charge is 0.385 e. The number of fused-ring (bicyclic) bond motifs is 1. The van der Waals surface area contributed by atoms with Crippen LogP contribution in [-0.4, -0.2) is 38.8 Å². The third-order valence-electron chi connectivity index (χ3n) is 3.45.